The minimum atomic E-state index is -0.000000000000000222. The van der Waals surface area contributed by atoms with E-state index in [9.17, 15) is 4.79 Å². The Morgan fingerprint density at radius 3 is 2.67 bits per heavy atom. The Balaban J connectivity index is 3.72. The highest BCUT2D eigenvalue weighted by Crippen LogP contribution is 1.95. The highest BCUT2D eigenvalue weighted by Gasteiger charge is 2.05. The fraction of sp³-hybridized carbons (Fsp3) is 0.714. The fourth-order valence-corrected chi connectivity index (χ4v) is 0.629. The molecule has 2 nitrogen and oxygen atoms in total. The van der Waals surface area contributed by atoms with E-state index in [1.807, 2.05) is 13.8 Å². The zero-order valence-corrected chi connectivity index (χ0v) is 6.22. The zero-order valence-electron chi connectivity index (χ0n) is 6.22. The summed E-state index contributed by atoms with van der Waals surface area (Å²) in [5.41, 5.74) is 0. The van der Waals surface area contributed by atoms with E-state index in [2.05, 4.69) is 4.99 Å². The molecule has 2 heteroatoms. The summed E-state index contributed by atoms with van der Waals surface area (Å²) in [6, 6.07) is 0. The topological polar surface area (TPSA) is 29.4 Å². The molecule has 0 aliphatic carbocycles. The third-order valence-corrected chi connectivity index (χ3v) is 1.23. The van der Waals surface area contributed by atoms with E-state index in [1.54, 1.807) is 13.3 Å². The Kier molecular flexibility index (Phi) is 3.93. The van der Waals surface area contributed by atoms with Gasteiger partial charge in [0, 0.05) is 25.6 Å². The Bertz CT molecular complexity index is 118. The van der Waals surface area contributed by atoms with Gasteiger partial charge in [-0.3, -0.25) is 4.79 Å². The third kappa shape index (κ3) is 3.01. The van der Waals surface area contributed by atoms with Crippen molar-refractivity contribution in [1.82, 2.24) is 0 Å². The SMILES string of the molecule is CCC(=O)C(C)C=NC. The lowest BCUT2D eigenvalue weighted by molar-refractivity contribution is -0.120. The Morgan fingerprint density at radius 2 is 2.33 bits per heavy atom. The molecule has 1 unspecified atom stereocenters. The summed E-state index contributed by atoms with van der Waals surface area (Å²) in [7, 11) is 1.68. The summed E-state index contributed by atoms with van der Waals surface area (Å²) in [4.78, 5) is 14.6. The first-order valence-corrected chi connectivity index (χ1v) is 3.17. The number of nitrogens with zero attached hydrogens (tertiary/aromatic N) is 1. The van der Waals surface area contributed by atoms with Crippen LogP contribution in [-0.4, -0.2) is 19.0 Å². The van der Waals surface area contributed by atoms with Crippen molar-refractivity contribution in [2.45, 2.75) is 20.3 Å². The molecule has 1 atom stereocenters. The highest BCUT2D eigenvalue weighted by molar-refractivity contribution is 5.94. The molecular weight excluding hydrogens is 114 g/mol. The standard InChI is InChI=1S/C7H13NO/c1-4-7(9)6(2)5-8-3/h5-6H,4H2,1-3H3. The largest absolute Gasteiger partial charge is 0.300 e. The van der Waals surface area contributed by atoms with Crippen molar-refractivity contribution in [3.8, 4) is 0 Å². The van der Waals surface area contributed by atoms with E-state index in [1.165, 1.54) is 0 Å². The maximum absolute atomic E-state index is 10.8. The van der Waals surface area contributed by atoms with Gasteiger partial charge in [-0.15, -0.1) is 0 Å². The molecule has 0 heterocycles. The molecule has 0 aromatic rings. The number of rotatable bonds is 3. The quantitative estimate of drug-likeness (QED) is 0.525. The number of Topliss-reactive ketones (excluding diaryl/α,β-unsaturated/α-hetero) is 1. The minimum Gasteiger partial charge on any atom is -0.300 e. The summed E-state index contributed by atoms with van der Waals surface area (Å²) < 4.78 is 0. The molecule has 0 rings (SSSR count). The molecule has 0 aromatic heterocycles. The lowest BCUT2D eigenvalue weighted by Crippen LogP contribution is -2.09. The number of carbonyl (C=O) groups is 1. The number of hydrogen-bond acceptors (Lipinski definition) is 2. The number of hydrogen-bond donors (Lipinski definition) is 0. The summed E-state index contributed by atoms with van der Waals surface area (Å²) in [5, 5.41) is 0. The van der Waals surface area contributed by atoms with Gasteiger partial charge in [-0.05, 0) is 0 Å². The Morgan fingerprint density at radius 1 is 1.78 bits per heavy atom. The van der Waals surface area contributed by atoms with Crippen molar-refractivity contribution < 1.29 is 4.79 Å². The van der Waals surface area contributed by atoms with Gasteiger partial charge in [-0.1, -0.05) is 13.8 Å². The van der Waals surface area contributed by atoms with Gasteiger partial charge in [0.15, 0.2) is 0 Å². The molecule has 9 heavy (non-hydrogen) atoms. The van der Waals surface area contributed by atoms with E-state index in [4.69, 9.17) is 0 Å². The molecule has 0 fully saturated rings. The zero-order chi connectivity index (χ0) is 7.28. The van der Waals surface area contributed by atoms with Crippen molar-refractivity contribution >= 4 is 12.0 Å². The first-order chi connectivity index (χ1) is 4.22. The van der Waals surface area contributed by atoms with E-state index in [-0.39, 0.29) is 11.7 Å². The average molecular weight is 127 g/mol. The molecule has 0 spiro atoms. The molecule has 0 aliphatic rings. The first kappa shape index (κ1) is 8.34. The Labute approximate surface area is 56.0 Å². The van der Waals surface area contributed by atoms with Crippen molar-refractivity contribution in [3.63, 3.8) is 0 Å². The van der Waals surface area contributed by atoms with Gasteiger partial charge < -0.3 is 4.99 Å². The van der Waals surface area contributed by atoms with Crippen LogP contribution in [0.3, 0.4) is 0 Å². The van der Waals surface area contributed by atoms with Gasteiger partial charge in [-0.2, -0.15) is 0 Å². The van der Waals surface area contributed by atoms with Crippen molar-refractivity contribution in [2.24, 2.45) is 10.9 Å². The van der Waals surface area contributed by atoms with Gasteiger partial charge >= 0.3 is 0 Å². The maximum atomic E-state index is 10.8. The predicted molar refractivity (Wildman–Crippen MR) is 38.9 cm³/mol. The summed E-state index contributed by atoms with van der Waals surface area (Å²) in [5.74, 6) is 0.251. The summed E-state index contributed by atoms with van der Waals surface area (Å²) in [6.45, 7) is 3.72. The van der Waals surface area contributed by atoms with Gasteiger partial charge in [0.05, 0.1) is 0 Å². The second-order valence-corrected chi connectivity index (χ2v) is 2.02. The van der Waals surface area contributed by atoms with E-state index in [0.717, 1.165) is 0 Å². The molecule has 0 saturated heterocycles. The van der Waals surface area contributed by atoms with Gasteiger partial charge in [0.1, 0.15) is 5.78 Å². The lowest BCUT2D eigenvalue weighted by Gasteiger charge is -1.98. The monoisotopic (exact) mass is 127 g/mol. The van der Waals surface area contributed by atoms with Crippen LogP contribution in [0.5, 0.6) is 0 Å². The molecule has 0 N–H and O–H groups in total. The van der Waals surface area contributed by atoms with Crippen LogP contribution in [0.2, 0.25) is 0 Å². The molecule has 0 bridgehead atoms. The maximum Gasteiger partial charge on any atom is 0.140 e. The number of ketones is 1. The van der Waals surface area contributed by atoms with Crippen LogP contribution in [0.1, 0.15) is 20.3 Å². The van der Waals surface area contributed by atoms with Crippen LogP contribution in [0.4, 0.5) is 0 Å². The Hall–Kier alpha value is -0.660. The molecule has 0 radical (unpaired) electrons. The lowest BCUT2D eigenvalue weighted by atomic mass is 10.1. The second-order valence-electron chi connectivity index (χ2n) is 2.02. The summed E-state index contributed by atoms with van der Waals surface area (Å²) in [6.07, 6.45) is 2.28. The fourth-order valence-electron chi connectivity index (χ4n) is 0.629. The van der Waals surface area contributed by atoms with Gasteiger partial charge in [0.2, 0.25) is 0 Å². The third-order valence-electron chi connectivity index (χ3n) is 1.23. The molecule has 0 aromatic carbocycles. The van der Waals surface area contributed by atoms with Crippen LogP contribution in [-0.2, 0) is 4.79 Å². The smallest absolute Gasteiger partial charge is 0.140 e. The number of aliphatic imine (C=N–C) groups is 1. The van der Waals surface area contributed by atoms with Crippen LogP contribution >= 0.6 is 0 Å². The summed E-state index contributed by atoms with van der Waals surface area (Å²) >= 11 is 0. The van der Waals surface area contributed by atoms with Gasteiger partial charge in [0.25, 0.3) is 0 Å². The normalized spacial score (nSPS) is 14.1. The van der Waals surface area contributed by atoms with Crippen LogP contribution in [0.15, 0.2) is 4.99 Å². The molecule has 52 valence electrons. The second kappa shape index (κ2) is 4.24. The first-order valence-electron chi connectivity index (χ1n) is 3.17. The van der Waals surface area contributed by atoms with Crippen molar-refractivity contribution in [3.05, 3.63) is 0 Å². The molecule has 0 amide bonds. The van der Waals surface area contributed by atoms with Crippen LogP contribution in [0, 0.1) is 5.92 Å². The minimum absolute atomic E-state index is 0.000000000000000222. The molecule has 0 aliphatic heterocycles. The highest BCUT2D eigenvalue weighted by atomic mass is 16.1. The van der Waals surface area contributed by atoms with Gasteiger partial charge in [-0.25, -0.2) is 0 Å². The van der Waals surface area contributed by atoms with Crippen LogP contribution in [0.25, 0.3) is 0 Å². The molecule has 0 saturated carbocycles. The molecular formula is C7H13NO. The van der Waals surface area contributed by atoms with Crippen LogP contribution < -0.4 is 0 Å². The average Bonchev–Trinajstić information content (AvgIpc) is 1.87. The van der Waals surface area contributed by atoms with E-state index >= 15 is 0 Å². The van der Waals surface area contributed by atoms with Crippen molar-refractivity contribution in [2.75, 3.05) is 7.05 Å². The number of carbonyl (C=O) groups excluding carboxylic acids is 1. The van der Waals surface area contributed by atoms with E-state index in [0.29, 0.717) is 6.42 Å². The predicted octanol–water partition coefficient (Wildman–Crippen LogP) is 1.30. The van der Waals surface area contributed by atoms with E-state index < -0.39 is 0 Å². The van der Waals surface area contributed by atoms with Crippen molar-refractivity contribution in [1.29, 1.82) is 0 Å².